The Labute approximate surface area is 99.6 Å². The number of amides is 2. The molecule has 0 radical (unpaired) electrons. The predicted molar refractivity (Wildman–Crippen MR) is 61.4 cm³/mol. The lowest BCUT2D eigenvalue weighted by molar-refractivity contribution is -0.146. The lowest BCUT2D eigenvalue weighted by Crippen LogP contribution is -2.60. The molecule has 96 valence electrons. The Bertz CT molecular complexity index is 365. The Morgan fingerprint density at radius 1 is 1.65 bits per heavy atom. The van der Waals surface area contributed by atoms with Gasteiger partial charge in [0.15, 0.2) is 5.84 Å². The van der Waals surface area contributed by atoms with Crippen LogP contribution in [-0.2, 0) is 9.59 Å². The van der Waals surface area contributed by atoms with Gasteiger partial charge < -0.3 is 21.2 Å². The zero-order valence-electron chi connectivity index (χ0n) is 10.2. The van der Waals surface area contributed by atoms with Crippen LogP contribution in [0.4, 0.5) is 0 Å². The molecule has 1 aliphatic heterocycles. The highest BCUT2D eigenvalue weighted by Gasteiger charge is 2.40. The van der Waals surface area contributed by atoms with E-state index >= 15 is 0 Å². The van der Waals surface area contributed by atoms with E-state index in [1.807, 2.05) is 0 Å². The van der Waals surface area contributed by atoms with Gasteiger partial charge in [0, 0.05) is 13.1 Å². The van der Waals surface area contributed by atoms with Gasteiger partial charge in [-0.3, -0.25) is 9.59 Å². The molecule has 1 unspecified atom stereocenters. The van der Waals surface area contributed by atoms with E-state index in [1.165, 1.54) is 4.90 Å². The summed E-state index contributed by atoms with van der Waals surface area (Å²) in [6.07, 6.45) is 0. The summed E-state index contributed by atoms with van der Waals surface area (Å²) in [7, 11) is 0. The van der Waals surface area contributed by atoms with Gasteiger partial charge in [-0.1, -0.05) is 5.16 Å². The van der Waals surface area contributed by atoms with Gasteiger partial charge >= 0.3 is 0 Å². The van der Waals surface area contributed by atoms with Gasteiger partial charge in [-0.15, -0.1) is 0 Å². The molecule has 0 spiro atoms. The van der Waals surface area contributed by atoms with Crippen LogP contribution in [0.5, 0.6) is 0 Å². The van der Waals surface area contributed by atoms with E-state index in [1.54, 1.807) is 20.8 Å². The maximum Gasteiger partial charge on any atom is 0.242 e. The smallest absolute Gasteiger partial charge is 0.242 e. The first-order chi connectivity index (χ1) is 7.82. The number of carbonyl (C=O) groups excluding carboxylic acids is 2. The molecule has 7 heteroatoms. The fourth-order valence-electron chi connectivity index (χ4n) is 1.65. The van der Waals surface area contributed by atoms with Gasteiger partial charge in [0.1, 0.15) is 11.5 Å². The van der Waals surface area contributed by atoms with Crippen LogP contribution in [0.25, 0.3) is 0 Å². The maximum absolute atomic E-state index is 12.3. The Kier molecular flexibility index (Phi) is 3.59. The highest BCUT2D eigenvalue weighted by atomic mass is 16.4. The Balaban J connectivity index is 2.93. The molecule has 1 aliphatic rings. The molecule has 0 aromatic heterocycles. The highest BCUT2D eigenvalue weighted by Crippen LogP contribution is 2.21. The molecule has 4 N–H and O–H groups in total. The molecule has 17 heavy (non-hydrogen) atoms. The minimum atomic E-state index is -1.12. The van der Waals surface area contributed by atoms with Crippen molar-refractivity contribution in [2.24, 2.45) is 16.3 Å². The minimum Gasteiger partial charge on any atom is -0.409 e. The third-order valence-electron chi connectivity index (χ3n) is 3.04. The van der Waals surface area contributed by atoms with E-state index in [-0.39, 0.29) is 17.6 Å². The summed E-state index contributed by atoms with van der Waals surface area (Å²) >= 11 is 0. The fraction of sp³-hybridized carbons (Fsp3) is 0.700. The number of nitrogens with two attached hydrogens (primary N) is 1. The monoisotopic (exact) mass is 242 g/mol. The molecule has 0 bridgehead atoms. The molecule has 1 fully saturated rings. The van der Waals surface area contributed by atoms with Gasteiger partial charge in [-0.25, -0.2) is 0 Å². The van der Waals surface area contributed by atoms with Gasteiger partial charge in [0.25, 0.3) is 0 Å². The number of oxime groups is 1. The summed E-state index contributed by atoms with van der Waals surface area (Å²) in [4.78, 5) is 25.2. The number of rotatable bonds is 2. The number of amidine groups is 1. The SMILES string of the molecule is CC1C(=O)NCCN1C(=O)C(C)(C)/C(N)=N/O. The summed E-state index contributed by atoms with van der Waals surface area (Å²) in [5.41, 5.74) is 4.37. The molecule has 7 nitrogen and oxygen atoms in total. The molecule has 0 aliphatic carbocycles. The van der Waals surface area contributed by atoms with Gasteiger partial charge in [0.05, 0.1) is 0 Å². The molecule has 0 aromatic rings. The standard InChI is InChI=1S/C10H18N4O3/c1-6-7(15)12-4-5-14(6)9(16)10(2,3)8(11)13-17/h6,17H,4-5H2,1-3H3,(H2,11,13)(H,12,15). The van der Waals surface area contributed by atoms with E-state index < -0.39 is 11.5 Å². The molecular weight excluding hydrogens is 224 g/mol. The second-order valence-electron chi connectivity index (χ2n) is 4.58. The molecule has 0 aromatic carbocycles. The average molecular weight is 242 g/mol. The van der Waals surface area contributed by atoms with Crippen molar-refractivity contribution in [1.29, 1.82) is 0 Å². The summed E-state index contributed by atoms with van der Waals surface area (Å²) in [6, 6.07) is -0.540. The van der Waals surface area contributed by atoms with Crippen LogP contribution in [0.2, 0.25) is 0 Å². The Morgan fingerprint density at radius 2 is 2.24 bits per heavy atom. The summed E-state index contributed by atoms with van der Waals surface area (Å²) in [6.45, 7) is 5.61. The molecular formula is C10H18N4O3. The van der Waals surface area contributed by atoms with Crippen LogP contribution < -0.4 is 11.1 Å². The van der Waals surface area contributed by atoms with E-state index in [0.717, 1.165) is 0 Å². The average Bonchev–Trinajstić information content (AvgIpc) is 2.30. The van der Waals surface area contributed by atoms with Crippen LogP contribution in [0, 0.1) is 5.41 Å². The van der Waals surface area contributed by atoms with Crippen molar-refractivity contribution in [3.05, 3.63) is 0 Å². The van der Waals surface area contributed by atoms with Crippen molar-refractivity contribution in [1.82, 2.24) is 10.2 Å². The van der Waals surface area contributed by atoms with Gasteiger partial charge in [-0.2, -0.15) is 0 Å². The maximum atomic E-state index is 12.3. The van der Waals surface area contributed by atoms with Gasteiger partial charge in [0.2, 0.25) is 11.8 Å². The summed E-state index contributed by atoms with van der Waals surface area (Å²) in [5.74, 6) is -0.684. The van der Waals surface area contributed by atoms with Crippen LogP contribution in [0.1, 0.15) is 20.8 Å². The first-order valence-corrected chi connectivity index (χ1v) is 5.39. The minimum absolute atomic E-state index is 0.166. The molecule has 1 heterocycles. The number of hydrogen-bond acceptors (Lipinski definition) is 4. The molecule has 1 rings (SSSR count). The molecule has 1 atom stereocenters. The third-order valence-corrected chi connectivity index (χ3v) is 3.04. The van der Waals surface area contributed by atoms with E-state index in [4.69, 9.17) is 10.9 Å². The zero-order chi connectivity index (χ0) is 13.2. The molecule has 2 amide bonds. The van der Waals surface area contributed by atoms with Crippen molar-refractivity contribution >= 4 is 17.6 Å². The Hall–Kier alpha value is -1.79. The molecule has 0 saturated carbocycles. The lowest BCUT2D eigenvalue weighted by atomic mass is 9.89. The van der Waals surface area contributed by atoms with Crippen molar-refractivity contribution in [2.75, 3.05) is 13.1 Å². The lowest BCUT2D eigenvalue weighted by Gasteiger charge is -2.37. The second kappa shape index (κ2) is 4.60. The molecule has 1 saturated heterocycles. The van der Waals surface area contributed by atoms with E-state index in [0.29, 0.717) is 13.1 Å². The quantitative estimate of drug-likeness (QED) is 0.252. The zero-order valence-corrected chi connectivity index (χ0v) is 10.2. The number of piperazine rings is 1. The number of hydrogen-bond donors (Lipinski definition) is 3. The van der Waals surface area contributed by atoms with Crippen molar-refractivity contribution in [2.45, 2.75) is 26.8 Å². The third kappa shape index (κ3) is 2.32. The van der Waals surface area contributed by atoms with Crippen LogP contribution in [-0.4, -0.2) is 46.9 Å². The van der Waals surface area contributed by atoms with Crippen LogP contribution >= 0.6 is 0 Å². The van der Waals surface area contributed by atoms with Crippen molar-refractivity contribution < 1.29 is 14.8 Å². The second-order valence-corrected chi connectivity index (χ2v) is 4.58. The first kappa shape index (κ1) is 13.3. The predicted octanol–water partition coefficient (Wildman–Crippen LogP) is -0.894. The highest BCUT2D eigenvalue weighted by molar-refractivity contribution is 6.07. The summed E-state index contributed by atoms with van der Waals surface area (Å²) in [5, 5.41) is 14.2. The normalized spacial score (nSPS) is 22.3. The number of nitrogens with zero attached hydrogens (tertiary/aromatic N) is 2. The topological polar surface area (TPSA) is 108 Å². The largest absolute Gasteiger partial charge is 0.409 e. The number of carbonyl (C=O) groups is 2. The fourth-order valence-corrected chi connectivity index (χ4v) is 1.65. The Morgan fingerprint density at radius 3 is 2.76 bits per heavy atom. The van der Waals surface area contributed by atoms with Crippen LogP contribution in [0.15, 0.2) is 5.16 Å². The van der Waals surface area contributed by atoms with Crippen molar-refractivity contribution in [3.8, 4) is 0 Å². The summed E-state index contributed by atoms with van der Waals surface area (Å²) < 4.78 is 0. The van der Waals surface area contributed by atoms with Crippen LogP contribution in [0.3, 0.4) is 0 Å². The number of nitrogens with one attached hydrogen (secondary N) is 1. The first-order valence-electron chi connectivity index (χ1n) is 5.39. The van der Waals surface area contributed by atoms with Crippen molar-refractivity contribution in [3.63, 3.8) is 0 Å². The van der Waals surface area contributed by atoms with Gasteiger partial charge in [-0.05, 0) is 20.8 Å². The van der Waals surface area contributed by atoms with E-state index in [9.17, 15) is 9.59 Å². The van der Waals surface area contributed by atoms with E-state index in [2.05, 4.69) is 10.5 Å².